The molecule has 0 fully saturated rings. The lowest BCUT2D eigenvalue weighted by atomic mass is 9.90. The van der Waals surface area contributed by atoms with E-state index >= 15 is 0 Å². The van der Waals surface area contributed by atoms with Crippen LogP contribution in [0, 0.1) is 0 Å². The Hall–Kier alpha value is -1.68. The first-order valence-electron chi connectivity index (χ1n) is 5.09. The quantitative estimate of drug-likeness (QED) is 0.660. The summed E-state index contributed by atoms with van der Waals surface area (Å²) in [5.41, 5.74) is -0.666. The minimum absolute atomic E-state index is 0.276. The van der Waals surface area contributed by atoms with E-state index in [2.05, 4.69) is 0 Å². The van der Waals surface area contributed by atoms with E-state index in [1.54, 1.807) is 7.11 Å². The third-order valence-electron chi connectivity index (χ3n) is 2.77. The maximum atomic E-state index is 11.7. The summed E-state index contributed by atoms with van der Waals surface area (Å²) < 4.78 is 5.13. The minimum atomic E-state index is -0.666. The molecule has 2 aliphatic rings. The zero-order valence-corrected chi connectivity index (χ0v) is 9.05. The van der Waals surface area contributed by atoms with Gasteiger partial charge in [-0.3, -0.25) is 14.5 Å². The zero-order chi connectivity index (χ0) is 11.6. The number of amides is 2. The molecule has 4 nitrogen and oxygen atoms in total. The lowest BCUT2D eigenvalue weighted by Crippen LogP contribution is -2.53. The minimum Gasteiger partial charge on any atom is -0.382 e. The predicted octanol–water partition coefficient (Wildman–Crippen LogP) is 0.813. The van der Waals surface area contributed by atoms with E-state index in [0.717, 1.165) is 0 Å². The van der Waals surface area contributed by atoms with Crippen molar-refractivity contribution in [3.8, 4) is 0 Å². The molecule has 0 saturated carbocycles. The average Bonchev–Trinajstić information content (AvgIpc) is 2.61. The van der Waals surface area contributed by atoms with Gasteiger partial charge in [0.15, 0.2) is 0 Å². The standard InChI is InChI=1S/C12H13NO3/c1-16-9-12(7-3-2-4-8-12)13-10(14)5-6-11(13)15/h2-7H,8-9H2,1H3. The van der Waals surface area contributed by atoms with Gasteiger partial charge < -0.3 is 4.74 Å². The monoisotopic (exact) mass is 219 g/mol. The van der Waals surface area contributed by atoms with Crippen LogP contribution in [0.5, 0.6) is 0 Å². The van der Waals surface area contributed by atoms with Crippen LogP contribution in [0.15, 0.2) is 36.5 Å². The molecule has 1 unspecified atom stereocenters. The van der Waals surface area contributed by atoms with Crippen molar-refractivity contribution in [3.05, 3.63) is 36.5 Å². The summed E-state index contributed by atoms with van der Waals surface area (Å²) in [5, 5.41) is 0. The molecule has 0 radical (unpaired) electrons. The molecule has 0 spiro atoms. The maximum Gasteiger partial charge on any atom is 0.254 e. The molecule has 1 heterocycles. The topological polar surface area (TPSA) is 46.6 Å². The summed E-state index contributed by atoms with van der Waals surface area (Å²) in [6, 6.07) is 0. The Morgan fingerprint density at radius 2 is 2.00 bits per heavy atom. The van der Waals surface area contributed by atoms with Crippen molar-refractivity contribution in [1.29, 1.82) is 0 Å². The summed E-state index contributed by atoms with van der Waals surface area (Å²) in [5.74, 6) is -0.552. The van der Waals surface area contributed by atoms with Gasteiger partial charge in [-0.15, -0.1) is 0 Å². The number of nitrogens with zero attached hydrogens (tertiary/aromatic N) is 1. The summed E-state index contributed by atoms with van der Waals surface area (Å²) in [6.45, 7) is 0.312. The molecule has 0 aromatic heterocycles. The van der Waals surface area contributed by atoms with E-state index in [1.807, 2.05) is 24.3 Å². The van der Waals surface area contributed by atoms with Gasteiger partial charge >= 0.3 is 0 Å². The lowest BCUT2D eigenvalue weighted by Gasteiger charge is -2.37. The second kappa shape index (κ2) is 4.06. The Morgan fingerprint density at radius 1 is 1.31 bits per heavy atom. The molecule has 1 atom stereocenters. The summed E-state index contributed by atoms with van der Waals surface area (Å²) in [7, 11) is 1.56. The van der Waals surface area contributed by atoms with Gasteiger partial charge in [-0.05, 0) is 6.42 Å². The molecule has 0 aromatic rings. The number of methoxy groups -OCH3 is 1. The largest absolute Gasteiger partial charge is 0.382 e. The lowest BCUT2D eigenvalue weighted by molar-refractivity contribution is -0.144. The molecule has 0 N–H and O–H groups in total. The Balaban J connectivity index is 2.33. The highest BCUT2D eigenvalue weighted by atomic mass is 16.5. The molecule has 16 heavy (non-hydrogen) atoms. The van der Waals surface area contributed by atoms with Crippen LogP contribution in [0.1, 0.15) is 6.42 Å². The van der Waals surface area contributed by atoms with Gasteiger partial charge in [0.05, 0.1) is 12.1 Å². The zero-order valence-electron chi connectivity index (χ0n) is 9.05. The first kappa shape index (κ1) is 10.8. The van der Waals surface area contributed by atoms with E-state index in [4.69, 9.17) is 4.74 Å². The number of hydrogen-bond acceptors (Lipinski definition) is 3. The molecule has 4 heteroatoms. The summed E-state index contributed by atoms with van der Waals surface area (Å²) >= 11 is 0. The molecule has 2 amide bonds. The van der Waals surface area contributed by atoms with Crippen LogP contribution >= 0.6 is 0 Å². The van der Waals surface area contributed by atoms with Crippen molar-refractivity contribution < 1.29 is 14.3 Å². The average molecular weight is 219 g/mol. The Morgan fingerprint density at radius 3 is 2.50 bits per heavy atom. The van der Waals surface area contributed by atoms with E-state index < -0.39 is 5.54 Å². The smallest absolute Gasteiger partial charge is 0.254 e. The fourth-order valence-corrected chi connectivity index (χ4v) is 2.08. The van der Waals surface area contributed by atoms with Gasteiger partial charge in [0.25, 0.3) is 11.8 Å². The van der Waals surface area contributed by atoms with Crippen molar-refractivity contribution in [2.45, 2.75) is 12.0 Å². The summed E-state index contributed by atoms with van der Waals surface area (Å²) in [4.78, 5) is 24.6. The van der Waals surface area contributed by atoms with Crippen LogP contribution in [-0.4, -0.2) is 36.0 Å². The van der Waals surface area contributed by atoms with E-state index in [0.29, 0.717) is 13.0 Å². The molecule has 1 aliphatic heterocycles. The number of carbonyl (C=O) groups excluding carboxylic acids is 2. The summed E-state index contributed by atoms with van der Waals surface area (Å²) in [6.07, 6.45) is 10.7. The van der Waals surface area contributed by atoms with Crippen molar-refractivity contribution >= 4 is 11.8 Å². The van der Waals surface area contributed by atoms with Crippen LogP contribution < -0.4 is 0 Å². The van der Waals surface area contributed by atoms with Gasteiger partial charge in [0.2, 0.25) is 0 Å². The maximum absolute atomic E-state index is 11.7. The molecular formula is C12H13NO3. The molecule has 84 valence electrons. The SMILES string of the molecule is COCC1(N2C(=O)C=CC2=O)C=CC=CC1. The van der Waals surface area contributed by atoms with Gasteiger partial charge in [-0.2, -0.15) is 0 Å². The van der Waals surface area contributed by atoms with Crippen LogP contribution in [0.25, 0.3) is 0 Å². The number of ether oxygens (including phenoxy) is 1. The second-order valence-electron chi connectivity index (χ2n) is 3.87. The molecule has 1 aliphatic carbocycles. The predicted molar refractivity (Wildman–Crippen MR) is 58.5 cm³/mol. The van der Waals surface area contributed by atoms with Gasteiger partial charge in [-0.25, -0.2) is 0 Å². The van der Waals surface area contributed by atoms with Crippen molar-refractivity contribution in [3.63, 3.8) is 0 Å². The van der Waals surface area contributed by atoms with Crippen LogP contribution in [0.3, 0.4) is 0 Å². The molecule has 2 rings (SSSR count). The Labute approximate surface area is 93.9 Å². The second-order valence-corrected chi connectivity index (χ2v) is 3.87. The highest BCUT2D eigenvalue weighted by Crippen LogP contribution is 2.28. The van der Waals surface area contributed by atoms with E-state index in [-0.39, 0.29) is 11.8 Å². The normalized spacial score (nSPS) is 28.2. The first-order valence-corrected chi connectivity index (χ1v) is 5.09. The Bertz CT molecular complexity index is 390. The molecule has 0 bridgehead atoms. The number of rotatable bonds is 3. The fraction of sp³-hybridized carbons (Fsp3) is 0.333. The Kier molecular flexibility index (Phi) is 2.75. The van der Waals surface area contributed by atoms with Crippen LogP contribution in [0.2, 0.25) is 0 Å². The van der Waals surface area contributed by atoms with Gasteiger partial charge in [-0.1, -0.05) is 24.3 Å². The number of carbonyl (C=O) groups is 2. The van der Waals surface area contributed by atoms with Crippen molar-refractivity contribution in [1.82, 2.24) is 4.90 Å². The third kappa shape index (κ3) is 1.61. The third-order valence-corrected chi connectivity index (χ3v) is 2.77. The van der Waals surface area contributed by atoms with Crippen LogP contribution in [-0.2, 0) is 14.3 Å². The highest BCUT2D eigenvalue weighted by molar-refractivity contribution is 6.13. The number of hydrogen-bond donors (Lipinski definition) is 0. The fourth-order valence-electron chi connectivity index (χ4n) is 2.08. The van der Waals surface area contributed by atoms with E-state index in [1.165, 1.54) is 17.1 Å². The van der Waals surface area contributed by atoms with Crippen molar-refractivity contribution in [2.24, 2.45) is 0 Å². The van der Waals surface area contributed by atoms with Gasteiger partial charge in [0, 0.05) is 19.3 Å². The molecule has 0 aromatic carbocycles. The molecular weight excluding hydrogens is 206 g/mol. The van der Waals surface area contributed by atoms with Crippen molar-refractivity contribution in [2.75, 3.05) is 13.7 Å². The van der Waals surface area contributed by atoms with E-state index in [9.17, 15) is 9.59 Å². The number of allylic oxidation sites excluding steroid dienone is 2. The first-order chi connectivity index (χ1) is 7.69. The number of imide groups is 1. The van der Waals surface area contributed by atoms with Crippen LogP contribution in [0.4, 0.5) is 0 Å². The molecule has 0 saturated heterocycles. The highest BCUT2D eigenvalue weighted by Gasteiger charge is 2.42. The van der Waals surface area contributed by atoms with Gasteiger partial charge in [0.1, 0.15) is 0 Å².